The molecule has 0 heterocycles. The van der Waals surface area contributed by atoms with E-state index in [1.54, 1.807) is 0 Å². The summed E-state index contributed by atoms with van der Waals surface area (Å²) in [5.74, 6) is 0.246. The largest absolute Gasteiger partial charge is 0.423 e. The van der Waals surface area contributed by atoms with Crippen LogP contribution in [0.5, 0.6) is 5.75 Å². The van der Waals surface area contributed by atoms with E-state index >= 15 is 0 Å². The molecule has 3 rings (SSSR count). The molecule has 0 fully saturated rings. The van der Waals surface area contributed by atoms with Gasteiger partial charge in [-0.1, -0.05) is 93.1 Å². The summed E-state index contributed by atoms with van der Waals surface area (Å²) in [4.78, 5) is 12.5. The monoisotopic (exact) mass is 400 g/mol. The minimum Gasteiger partial charge on any atom is -0.423 e. The van der Waals surface area contributed by atoms with E-state index in [-0.39, 0.29) is 5.97 Å². The molecule has 0 aliphatic carbocycles. The lowest BCUT2D eigenvalue weighted by Gasteiger charge is -2.07. The van der Waals surface area contributed by atoms with Crippen LogP contribution < -0.4 is 4.74 Å². The lowest BCUT2D eigenvalue weighted by atomic mass is 10.0. The molecule has 156 valence electrons. The fourth-order valence-corrected chi connectivity index (χ4v) is 3.54. The second kappa shape index (κ2) is 11.3. The molecule has 30 heavy (non-hydrogen) atoms. The summed E-state index contributed by atoms with van der Waals surface area (Å²) in [6, 6.07) is 23.9. The number of unbranched alkanes of at least 4 members (excludes halogenated alkanes) is 5. The molecule has 0 amide bonds. The Morgan fingerprint density at radius 1 is 0.700 bits per heavy atom. The third kappa shape index (κ3) is 6.59. The van der Waals surface area contributed by atoms with Gasteiger partial charge in [-0.05, 0) is 60.7 Å². The highest BCUT2D eigenvalue weighted by Crippen LogP contribution is 2.23. The molecular weight excluding hydrogens is 368 g/mol. The molecule has 0 saturated heterocycles. The minimum atomic E-state index is -0.316. The van der Waals surface area contributed by atoms with Crippen molar-refractivity contribution in [3.8, 4) is 16.9 Å². The van der Waals surface area contributed by atoms with Crippen LogP contribution in [0.4, 0.5) is 0 Å². The lowest BCUT2D eigenvalue weighted by molar-refractivity contribution is 0.0735. The zero-order valence-corrected chi connectivity index (χ0v) is 18.2. The predicted octanol–water partition coefficient (Wildman–Crippen LogP) is 7.78. The van der Waals surface area contributed by atoms with Gasteiger partial charge >= 0.3 is 5.97 Å². The van der Waals surface area contributed by atoms with Crippen LogP contribution in [0.25, 0.3) is 11.1 Å². The smallest absolute Gasteiger partial charge is 0.343 e. The van der Waals surface area contributed by atoms with E-state index < -0.39 is 0 Å². The fourth-order valence-electron chi connectivity index (χ4n) is 3.54. The molecule has 0 aromatic heterocycles. The second-order valence-corrected chi connectivity index (χ2v) is 7.99. The topological polar surface area (TPSA) is 26.3 Å². The van der Waals surface area contributed by atoms with Crippen LogP contribution in [-0.2, 0) is 6.42 Å². The summed E-state index contributed by atoms with van der Waals surface area (Å²) in [6.45, 7) is 4.32. The summed E-state index contributed by atoms with van der Waals surface area (Å²) in [7, 11) is 0. The Balaban J connectivity index is 1.50. The van der Waals surface area contributed by atoms with Crippen LogP contribution in [0.2, 0.25) is 0 Å². The number of carbonyl (C=O) groups excluding carboxylic acids is 1. The Hall–Kier alpha value is -2.87. The van der Waals surface area contributed by atoms with Gasteiger partial charge in [-0.25, -0.2) is 4.79 Å². The minimum absolute atomic E-state index is 0.316. The highest BCUT2D eigenvalue weighted by molar-refractivity contribution is 5.91. The van der Waals surface area contributed by atoms with E-state index in [0.717, 1.165) is 17.5 Å². The Morgan fingerprint density at radius 2 is 1.27 bits per heavy atom. The number of hydrogen-bond acceptors (Lipinski definition) is 2. The zero-order chi connectivity index (χ0) is 21.2. The van der Waals surface area contributed by atoms with Crippen molar-refractivity contribution in [3.63, 3.8) is 0 Å². The molecular formula is C28H32O2. The predicted molar refractivity (Wildman–Crippen MR) is 125 cm³/mol. The van der Waals surface area contributed by atoms with Crippen LogP contribution in [-0.4, -0.2) is 5.97 Å². The van der Waals surface area contributed by atoms with Gasteiger partial charge in [0.15, 0.2) is 0 Å². The summed E-state index contributed by atoms with van der Waals surface area (Å²) in [6.07, 6.45) is 8.85. The van der Waals surface area contributed by atoms with Crippen molar-refractivity contribution in [1.29, 1.82) is 0 Å². The molecule has 0 atom stereocenters. The second-order valence-electron chi connectivity index (χ2n) is 7.99. The zero-order valence-electron chi connectivity index (χ0n) is 18.2. The Morgan fingerprint density at radius 3 is 1.90 bits per heavy atom. The maximum Gasteiger partial charge on any atom is 0.343 e. The van der Waals surface area contributed by atoms with E-state index in [4.69, 9.17) is 4.74 Å². The van der Waals surface area contributed by atoms with Crippen molar-refractivity contribution >= 4 is 5.97 Å². The van der Waals surface area contributed by atoms with E-state index in [1.807, 2.05) is 48.5 Å². The van der Waals surface area contributed by atoms with Gasteiger partial charge in [0.2, 0.25) is 0 Å². The van der Waals surface area contributed by atoms with Crippen molar-refractivity contribution < 1.29 is 9.53 Å². The number of benzene rings is 3. The van der Waals surface area contributed by atoms with Crippen molar-refractivity contribution in [3.05, 3.63) is 89.5 Å². The first-order chi connectivity index (χ1) is 14.7. The lowest BCUT2D eigenvalue weighted by Crippen LogP contribution is -2.08. The van der Waals surface area contributed by atoms with Gasteiger partial charge in [-0.2, -0.15) is 0 Å². The molecule has 0 N–H and O–H groups in total. The van der Waals surface area contributed by atoms with Crippen LogP contribution in [0, 0.1) is 6.92 Å². The SMILES string of the molecule is CCCCCCCCc1ccc(C(=O)Oc2ccc(-c3ccc(C)cc3)cc2)cc1. The average Bonchev–Trinajstić information content (AvgIpc) is 2.78. The van der Waals surface area contributed by atoms with E-state index in [2.05, 4.69) is 38.1 Å². The van der Waals surface area contributed by atoms with Crippen LogP contribution in [0.1, 0.15) is 66.9 Å². The van der Waals surface area contributed by atoms with E-state index in [0.29, 0.717) is 11.3 Å². The molecule has 0 radical (unpaired) electrons. The Bertz CT molecular complexity index is 906. The van der Waals surface area contributed by atoms with Crippen molar-refractivity contribution in [2.75, 3.05) is 0 Å². The first kappa shape index (κ1) is 21.8. The number of ether oxygens (including phenoxy) is 1. The summed E-state index contributed by atoms with van der Waals surface area (Å²) in [5, 5.41) is 0. The summed E-state index contributed by atoms with van der Waals surface area (Å²) in [5.41, 5.74) is 5.37. The fraction of sp³-hybridized carbons (Fsp3) is 0.321. The molecule has 3 aromatic carbocycles. The van der Waals surface area contributed by atoms with Gasteiger partial charge in [-0.15, -0.1) is 0 Å². The molecule has 0 unspecified atom stereocenters. The number of esters is 1. The van der Waals surface area contributed by atoms with E-state index in [1.165, 1.54) is 49.7 Å². The number of aryl methyl sites for hydroxylation is 2. The maximum absolute atomic E-state index is 12.5. The highest BCUT2D eigenvalue weighted by Gasteiger charge is 2.09. The number of hydrogen-bond donors (Lipinski definition) is 0. The first-order valence-corrected chi connectivity index (χ1v) is 11.1. The molecule has 0 bridgehead atoms. The molecule has 0 saturated carbocycles. The van der Waals surface area contributed by atoms with Gasteiger partial charge in [0.05, 0.1) is 5.56 Å². The quantitative estimate of drug-likeness (QED) is 0.197. The third-order valence-corrected chi connectivity index (χ3v) is 5.46. The molecule has 0 aliphatic heterocycles. The highest BCUT2D eigenvalue weighted by atomic mass is 16.5. The van der Waals surface area contributed by atoms with Gasteiger partial charge in [-0.3, -0.25) is 0 Å². The average molecular weight is 401 g/mol. The number of carbonyl (C=O) groups is 1. The van der Waals surface area contributed by atoms with Crippen LogP contribution in [0.3, 0.4) is 0 Å². The van der Waals surface area contributed by atoms with Gasteiger partial charge < -0.3 is 4.74 Å². The van der Waals surface area contributed by atoms with Crippen molar-refractivity contribution in [1.82, 2.24) is 0 Å². The van der Waals surface area contributed by atoms with Crippen molar-refractivity contribution in [2.24, 2.45) is 0 Å². The summed E-state index contributed by atoms with van der Waals surface area (Å²) >= 11 is 0. The molecule has 2 heteroatoms. The van der Waals surface area contributed by atoms with Gasteiger partial charge in [0, 0.05) is 0 Å². The Labute approximate surface area is 180 Å². The Kier molecular flexibility index (Phi) is 8.26. The molecule has 0 aliphatic rings. The standard InChI is InChI=1S/C28H32O2/c1-3-4-5-6-7-8-9-23-12-16-26(17-13-23)28(29)30-27-20-18-25(19-21-27)24-14-10-22(2)11-15-24/h10-21H,3-9H2,1-2H3. The van der Waals surface area contributed by atoms with Crippen LogP contribution in [0.15, 0.2) is 72.8 Å². The maximum atomic E-state index is 12.5. The molecule has 3 aromatic rings. The van der Waals surface area contributed by atoms with Crippen LogP contribution >= 0.6 is 0 Å². The summed E-state index contributed by atoms with van der Waals surface area (Å²) < 4.78 is 5.55. The van der Waals surface area contributed by atoms with E-state index in [9.17, 15) is 4.79 Å². The molecule has 0 spiro atoms. The van der Waals surface area contributed by atoms with Gasteiger partial charge in [0.1, 0.15) is 5.75 Å². The normalized spacial score (nSPS) is 10.7. The third-order valence-electron chi connectivity index (χ3n) is 5.46. The van der Waals surface area contributed by atoms with Crippen molar-refractivity contribution in [2.45, 2.75) is 58.8 Å². The number of rotatable bonds is 10. The molecule has 2 nitrogen and oxygen atoms in total. The first-order valence-electron chi connectivity index (χ1n) is 11.1. The van der Waals surface area contributed by atoms with Gasteiger partial charge in [0.25, 0.3) is 0 Å².